The number of esters is 1. The Morgan fingerprint density at radius 2 is 1.95 bits per heavy atom. The van der Waals surface area contributed by atoms with Gasteiger partial charge in [-0.05, 0) is 38.5 Å². The molecule has 1 saturated carbocycles. The van der Waals surface area contributed by atoms with Gasteiger partial charge in [0, 0.05) is 25.7 Å². The van der Waals surface area contributed by atoms with E-state index in [1.54, 1.807) is 6.92 Å². The number of ether oxygens (including phenoxy) is 1. The molecule has 3 N–H and O–H groups in total. The van der Waals surface area contributed by atoms with E-state index >= 15 is 0 Å². The molecule has 2 fully saturated rings. The second-order valence-electron chi connectivity index (χ2n) is 5.73. The predicted molar refractivity (Wildman–Crippen MR) is 78.6 cm³/mol. The molecule has 21 heavy (non-hydrogen) atoms. The molecule has 0 aromatic rings. The molecule has 1 heterocycles. The quantitative estimate of drug-likeness (QED) is 0.635. The lowest BCUT2D eigenvalue weighted by atomic mass is 9.98. The highest BCUT2D eigenvalue weighted by molar-refractivity contribution is 7.87. The molecule has 7 nitrogen and oxygen atoms in total. The van der Waals surface area contributed by atoms with Crippen LogP contribution in [0.3, 0.4) is 0 Å². The highest BCUT2D eigenvalue weighted by Gasteiger charge is 2.37. The summed E-state index contributed by atoms with van der Waals surface area (Å²) in [5.74, 6) is -0.0349. The fourth-order valence-electron chi connectivity index (χ4n) is 2.69. The molecule has 2 aliphatic rings. The van der Waals surface area contributed by atoms with Crippen LogP contribution in [-0.4, -0.2) is 51.0 Å². The monoisotopic (exact) mass is 319 g/mol. The summed E-state index contributed by atoms with van der Waals surface area (Å²) in [4.78, 5) is 11.7. The summed E-state index contributed by atoms with van der Waals surface area (Å²) in [5, 5.41) is 0. The van der Waals surface area contributed by atoms with Crippen molar-refractivity contribution in [3.63, 3.8) is 0 Å². The van der Waals surface area contributed by atoms with Crippen LogP contribution in [0.15, 0.2) is 0 Å². The average Bonchev–Trinajstić information content (AvgIpc) is 3.30. The first-order valence-electron chi connectivity index (χ1n) is 7.62. The third-order valence-electron chi connectivity index (χ3n) is 4.16. The number of nitrogens with zero attached hydrogens (tertiary/aromatic N) is 1. The maximum atomic E-state index is 12.3. The Labute approximate surface area is 126 Å². The number of nitrogens with one attached hydrogen (secondary N) is 1. The van der Waals surface area contributed by atoms with Gasteiger partial charge in [0.15, 0.2) is 0 Å². The number of nitrogens with two attached hydrogens (primary N) is 1. The fourth-order valence-corrected chi connectivity index (χ4v) is 4.21. The molecule has 0 amide bonds. The minimum absolute atomic E-state index is 0.169. The Balaban J connectivity index is 1.86. The standard InChI is InChI=1S/C13H25N3O4S/c1-2-20-13(17)11-5-7-16(8-6-11)21(18,19)15-12(9-14)10-3-4-10/h10-12,15H,2-9,14H2,1H3. The number of piperidine rings is 1. The highest BCUT2D eigenvalue weighted by atomic mass is 32.2. The van der Waals surface area contributed by atoms with Crippen molar-refractivity contribution < 1.29 is 17.9 Å². The minimum atomic E-state index is -3.51. The second-order valence-corrected chi connectivity index (χ2v) is 7.43. The van der Waals surface area contributed by atoms with E-state index in [0.29, 0.717) is 45.0 Å². The van der Waals surface area contributed by atoms with Crippen molar-refractivity contribution in [1.29, 1.82) is 0 Å². The van der Waals surface area contributed by atoms with Crippen molar-refractivity contribution in [2.45, 2.75) is 38.6 Å². The average molecular weight is 319 g/mol. The lowest BCUT2D eigenvalue weighted by Gasteiger charge is -2.31. The summed E-state index contributed by atoms with van der Waals surface area (Å²) in [6.45, 7) is 3.15. The van der Waals surface area contributed by atoms with Gasteiger partial charge in [0.05, 0.1) is 12.5 Å². The Morgan fingerprint density at radius 3 is 2.43 bits per heavy atom. The van der Waals surface area contributed by atoms with Crippen LogP contribution >= 0.6 is 0 Å². The second kappa shape index (κ2) is 7.04. The molecular formula is C13H25N3O4S. The van der Waals surface area contributed by atoms with Gasteiger partial charge in [0.2, 0.25) is 0 Å². The van der Waals surface area contributed by atoms with Gasteiger partial charge in [-0.2, -0.15) is 17.4 Å². The van der Waals surface area contributed by atoms with Crippen molar-refractivity contribution in [1.82, 2.24) is 9.03 Å². The van der Waals surface area contributed by atoms with Crippen LogP contribution in [0.1, 0.15) is 32.6 Å². The molecule has 1 unspecified atom stereocenters. The largest absolute Gasteiger partial charge is 0.466 e. The molecule has 1 aliphatic carbocycles. The van der Waals surface area contributed by atoms with Gasteiger partial charge in [-0.3, -0.25) is 4.79 Å². The topological polar surface area (TPSA) is 102 Å². The third-order valence-corrected chi connectivity index (χ3v) is 5.80. The molecule has 1 atom stereocenters. The predicted octanol–water partition coefficient (Wildman–Crippen LogP) is -0.167. The van der Waals surface area contributed by atoms with Gasteiger partial charge >= 0.3 is 5.97 Å². The number of hydrogen-bond acceptors (Lipinski definition) is 5. The number of carbonyl (C=O) groups excluding carboxylic acids is 1. The van der Waals surface area contributed by atoms with Gasteiger partial charge in [0.1, 0.15) is 0 Å². The molecule has 8 heteroatoms. The van der Waals surface area contributed by atoms with Crippen LogP contribution in [-0.2, 0) is 19.7 Å². The number of carbonyl (C=O) groups is 1. The maximum absolute atomic E-state index is 12.3. The van der Waals surface area contributed by atoms with Gasteiger partial charge in [-0.15, -0.1) is 0 Å². The van der Waals surface area contributed by atoms with E-state index in [9.17, 15) is 13.2 Å². The zero-order chi connectivity index (χ0) is 15.5. The van der Waals surface area contributed by atoms with Crippen LogP contribution < -0.4 is 10.5 Å². The zero-order valence-electron chi connectivity index (χ0n) is 12.5. The molecule has 0 spiro atoms. The molecule has 0 aromatic carbocycles. The van der Waals surface area contributed by atoms with Gasteiger partial charge in [-0.1, -0.05) is 0 Å². The van der Waals surface area contributed by atoms with E-state index in [1.165, 1.54) is 4.31 Å². The summed E-state index contributed by atoms with van der Waals surface area (Å²) in [7, 11) is -3.51. The Bertz CT molecular complexity index is 456. The Kier molecular flexibility index (Phi) is 5.59. The molecule has 0 aromatic heterocycles. The summed E-state index contributed by atoms with van der Waals surface area (Å²) >= 11 is 0. The zero-order valence-corrected chi connectivity index (χ0v) is 13.3. The maximum Gasteiger partial charge on any atom is 0.309 e. The van der Waals surface area contributed by atoms with E-state index in [-0.39, 0.29) is 17.9 Å². The summed E-state index contributed by atoms with van der Waals surface area (Å²) in [6.07, 6.45) is 3.09. The molecule has 2 rings (SSSR count). The third kappa shape index (κ3) is 4.38. The van der Waals surface area contributed by atoms with Crippen LogP contribution in [0.2, 0.25) is 0 Å². The van der Waals surface area contributed by atoms with Crippen molar-refractivity contribution >= 4 is 16.2 Å². The molecule has 0 radical (unpaired) electrons. The summed E-state index contributed by atoms with van der Waals surface area (Å²) in [6, 6.07) is -0.169. The van der Waals surface area contributed by atoms with Gasteiger partial charge in [-0.25, -0.2) is 0 Å². The van der Waals surface area contributed by atoms with Gasteiger partial charge < -0.3 is 10.5 Å². The fraction of sp³-hybridized carbons (Fsp3) is 0.923. The minimum Gasteiger partial charge on any atom is -0.466 e. The number of rotatable bonds is 7. The smallest absolute Gasteiger partial charge is 0.309 e. The normalized spacial score (nSPS) is 23.0. The van der Waals surface area contributed by atoms with Gasteiger partial charge in [0.25, 0.3) is 10.2 Å². The number of hydrogen-bond donors (Lipinski definition) is 2. The Morgan fingerprint density at radius 1 is 1.33 bits per heavy atom. The first kappa shape index (κ1) is 16.7. The Hall–Kier alpha value is -0.700. The van der Waals surface area contributed by atoms with E-state index in [1.807, 2.05) is 0 Å². The first-order chi connectivity index (χ1) is 9.97. The molecular weight excluding hydrogens is 294 g/mol. The van der Waals surface area contributed by atoms with Crippen molar-refractivity contribution in [2.24, 2.45) is 17.6 Å². The van der Waals surface area contributed by atoms with Crippen molar-refractivity contribution in [3.8, 4) is 0 Å². The van der Waals surface area contributed by atoms with Crippen molar-refractivity contribution in [2.75, 3.05) is 26.2 Å². The summed E-state index contributed by atoms with van der Waals surface area (Å²) in [5.41, 5.74) is 5.64. The van der Waals surface area contributed by atoms with Crippen LogP contribution in [0, 0.1) is 11.8 Å². The molecule has 0 bridgehead atoms. The lowest BCUT2D eigenvalue weighted by Crippen LogP contribution is -2.51. The highest BCUT2D eigenvalue weighted by Crippen LogP contribution is 2.32. The molecule has 1 saturated heterocycles. The van der Waals surface area contributed by atoms with Crippen LogP contribution in [0.4, 0.5) is 0 Å². The lowest BCUT2D eigenvalue weighted by molar-refractivity contribution is -0.149. The van der Waals surface area contributed by atoms with Crippen molar-refractivity contribution in [3.05, 3.63) is 0 Å². The van der Waals surface area contributed by atoms with E-state index in [4.69, 9.17) is 10.5 Å². The van der Waals surface area contributed by atoms with Crippen LogP contribution in [0.5, 0.6) is 0 Å². The van der Waals surface area contributed by atoms with Crippen LogP contribution in [0.25, 0.3) is 0 Å². The first-order valence-corrected chi connectivity index (χ1v) is 9.06. The molecule has 1 aliphatic heterocycles. The molecule has 122 valence electrons. The van der Waals surface area contributed by atoms with E-state index in [0.717, 1.165) is 12.8 Å². The van der Waals surface area contributed by atoms with E-state index in [2.05, 4.69) is 4.72 Å². The SMILES string of the molecule is CCOC(=O)C1CCN(S(=O)(=O)NC(CN)C2CC2)CC1. The van der Waals surface area contributed by atoms with E-state index < -0.39 is 10.2 Å². The summed E-state index contributed by atoms with van der Waals surface area (Å²) < 4.78 is 33.8.